The molecule has 3 aromatic rings. The number of hydrogen-bond donors (Lipinski definition) is 1. The molecule has 0 aromatic heterocycles. The van der Waals surface area contributed by atoms with Crippen molar-refractivity contribution in [3.05, 3.63) is 106 Å². The normalized spacial score (nSPS) is 16.4. The van der Waals surface area contributed by atoms with Gasteiger partial charge in [-0.05, 0) is 23.8 Å². The van der Waals surface area contributed by atoms with Crippen LogP contribution in [0, 0.1) is 0 Å². The molecule has 0 saturated carbocycles. The highest BCUT2D eigenvalue weighted by Gasteiger charge is 2.20. The van der Waals surface area contributed by atoms with Crippen LogP contribution in [0.2, 0.25) is 5.02 Å². The first-order valence-corrected chi connectivity index (χ1v) is 10.2. The van der Waals surface area contributed by atoms with Gasteiger partial charge in [0, 0.05) is 21.6 Å². The number of hydrogen-bond acceptors (Lipinski definition) is 4. The first-order valence-electron chi connectivity index (χ1n) is 8.76. The zero-order valence-electron chi connectivity index (χ0n) is 14.6. The van der Waals surface area contributed by atoms with E-state index in [9.17, 15) is 5.21 Å². The van der Waals surface area contributed by atoms with E-state index in [1.165, 1.54) is 10.6 Å². The molecule has 0 bridgehead atoms. The molecule has 5 heteroatoms. The van der Waals surface area contributed by atoms with E-state index in [1.807, 2.05) is 66.7 Å². The van der Waals surface area contributed by atoms with Crippen molar-refractivity contribution in [1.82, 2.24) is 5.06 Å². The minimum Gasteiger partial charge on any atom is -0.288 e. The second-order valence-corrected chi connectivity index (χ2v) is 7.94. The van der Waals surface area contributed by atoms with E-state index in [0.717, 1.165) is 27.6 Å². The largest absolute Gasteiger partial charge is 0.288 e. The van der Waals surface area contributed by atoms with Crippen molar-refractivity contribution in [1.29, 1.82) is 0 Å². The summed E-state index contributed by atoms with van der Waals surface area (Å²) in [6.07, 6.45) is 0. The fourth-order valence-electron chi connectivity index (χ4n) is 3.14. The topological polar surface area (TPSA) is 35.8 Å². The van der Waals surface area contributed by atoms with Crippen LogP contribution < -0.4 is 10.6 Å². The molecule has 1 N–H and O–H groups in total. The van der Waals surface area contributed by atoms with Gasteiger partial charge in [-0.3, -0.25) is 15.3 Å². The van der Waals surface area contributed by atoms with E-state index in [-0.39, 0.29) is 5.37 Å². The second kappa shape index (κ2) is 8.17. The van der Waals surface area contributed by atoms with Crippen LogP contribution >= 0.6 is 23.4 Å². The summed E-state index contributed by atoms with van der Waals surface area (Å²) in [4.78, 5) is 4.90. The van der Waals surface area contributed by atoms with Crippen LogP contribution in [-0.2, 0) is 5.75 Å². The van der Waals surface area contributed by atoms with Crippen LogP contribution in [0.15, 0.2) is 83.9 Å². The van der Waals surface area contributed by atoms with Gasteiger partial charge in [-0.15, -0.1) is 11.8 Å². The number of halogens is 1. The second-order valence-electron chi connectivity index (χ2n) is 6.34. The average Bonchev–Trinajstić information content (AvgIpc) is 2.83. The summed E-state index contributed by atoms with van der Waals surface area (Å²) >= 11 is 7.97. The van der Waals surface area contributed by atoms with Crippen LogP contribution in [-0.4, -0.2) is 22.2 Å². The molecule has 27 heavy (non-hydrogen) atoms. The first kappa shape index (κ1) is 18.1. The van der Waals surface area contributed by atoms with Crippen molar-refractivity contribution < 1.29 is 5.21 Å². The molecule has 0 amide bonds. The average molecular weight is 395 g/mol. The van der Waals surface area contributed by atoms with Crippen molar-refractivity contribution in [2.45, 2.75) is 11.1 Å². The highest BCUT2D eigenvalue weighted by atomic mass is 35.5. The lowest BCUT2D eigenvalue weighted by molar-refractivity contribution is -0.0261. The van der Waals surface area contributed by atoms with E-state index < -0.39 is 0 Å². The van der Waals surface area contributed by atoms with Crippen LogP contribution in [0.1, 0.15) is 11.1 Å². The Bertz CT molecular complexity index is 1040. The molecule has 0 fully saturated rings. The van der Waals surface area contributed by atoms with Gasteiger partial charge in [0.05, 0.1) is 17.6 Å². The van der Waals surface area contributed by atoms with Gasteiger partial charge in [0.2, 0.25) is 0 Å². The molecule has 1 unspecified atom stereocenters. The van der Waals surface area contributed by atoms with E-state index in [2.05, 4.69) is 12.1 Å². The summed E-state index contributed by atoms with van der Waals surface area (Å²) in [6, 6.07) is 25.8. The van der Waals surface area contributed by atoms with Crippen molar-refractivity contribution in [3.8, 4) is 0 Å². The third-order valence-corrected chi connectivity index (χ3v) is 5.79. The molecule has 0 spiro atoms. The van der Waals surface area contributed by atoms with Gasteiger partial charge in [0.25, 0.3) is 0 Å². The Labute approximate surface area is 167 Å². The van der Waals surface area contributed by atoms with Crippen molar-refractivity contribution in [2.24, 2.45) is 4.99 Å². The van der Waals surface area contributed by atoms with Crippen molar-refractivity contribution >= 4 is 29.1 Å². The molecule has 0 radical (unpaired) electrons. The van der Waals surface area contributed by atoms with Crippen molar-refractivity contribution in [3.63, 3.8) is 0 Å². The minimum absolute atomic E-state index is 0.0867. The van der Waals surface area contributed by atoms with Crippen LogP contribution in [0.4, 0.5) is 0 Å². The number of fused-ring (bicyclic) bond motifs is 1. The summed E-state index contributed by atoms with van der Waals surface area (Å²) in [5.41, 5.74) is 2.92. The number of rotatable bonds is 4. The van der Waals surface area contributed by atoms with Crippen LogP contribution in [0.25, 0.3) is 5.70 Å². The van der Waals surface area contributed by atoms with Gasteiger partial charge in [-0.1, -0.05) is 72.3 Å². The molecular formula is C22H19ClN2OS. The predicted molar refractivity (Wildman–Crippen MR) is 111 cm³/mol. The summed E-state index contributed by atoms with van der Waals surface area (Å²) in [6.45, 7) is 0.411. The van der Waals surface area contributed by atoms with E-state index in [1.54, 1.807) is 11.8 Å². The van der Waals surface area contributed by atoms with Gasteiger partial charge in [-0.25, -0.2) is 0 Å². The lowest BCUT2D eigenvalue weighted by Gasteiger charge is -2.22. The standard InChI is InChI=1S/C22H19ClN2OS/c23-18-11-12-20-19(13-18)22(17-9-5-2-6-10-17)25(26)14-21(24-20)27-15-16-7-3-1-4-8-16/h1-13,21,26H,14-15H2. The predicted octanol–water partition coefficient (Wildman–Crippen LogP) is 4.08. The Morgan fingerprint density at radius 3 is 2.44 bits per heavy atom. The zero-order chi connectivity index (χ0) is 18.6. The molecular weight excluding hydrogens is 376 g/mol. The monoisotopic (exact) mass is 394 g/mol. The highest BCUT2D eigenvalue weighted by molar-refractivity contribution is 7.99. The molecule has 1 heterocycles. The van der Waals surface area contributed by atoms with Gasteiger partial charge in [0.1, 0.15) is 5.37 Å². The molecule has 0 aliphatic carbocycles. The Balaban J connectivity index is 1.75. The summed E-state index contributed by atoms with van der Waals surface area (Å²) in [5.74, 6) is 0.840. The Morgan fingerprint density at radius 2 is 1.70 bits per heavy atom. The van der Waals surface area contributed by atoms with Gasteiger partial charge in [0.15, 0.2) is 0 Å². The molecule has 1 aliphatic rings. The molecule has 4 rings (SSSR count). The maximum Gasteiger partial charge on any atom is 0.116 e. The van der Waals surface area contributed by atoms with Crippen molar-refractivity contribution in [2.75, 3.05) is 6.54 Å². The van der Waals surface area contributed by atoms with E-state index in [0.29, 0.717) is 11.6 Å². The van der Waals surface area contributed by atoms with Gasteiger partial charge < -0.3 is 0 Å². The fraction of sp³-hybridized carbons (Fsp3) is 0.136. The zero-order valence-corrected chi connectivity index (χ0v) is 16.2. The van der Waals surface area contributed by atoms with Gasteiger partial charge >= 0.3 is 0 Å². The van der Waals surface area contributed by atoms with Crippen LogP contribution in [0.5, 0.6) is 0 Å². The van der Waals surface area contributed by atoms with Gasteiger partial charge in [-0.2, -0.15) is 0 Å². The maximum absolute atomic E-state index is 10.9. The SMILES string of the molecule is ON1CC(SCc2ccccc2)N=c2ccc(Cl)cc2=C1c1ccccc1. The molecule has 1 aliphatic heterocycles. The van der Waals surface area contributed by atoms with Crippen LogP contribution in [0.3, 0.4) is 0 Å². The van der Waals surface area contributed by atoms with E-state index >= 15 is 0 Å². The first-order chi connectivity index (χ1) is 13.2. The summed E-state index contributed by atoms with van der Waals surface area (Å²) < 4.78 is 0. The van der Waals surface area contributed by atoms with E-state index in [4.69, 9.17) is 16.6 Å². The lowest BCUT2D eigenvalue weighted by Crippen LogP contribution is -2.32. The quantitative estimate of drug-likeness (QED) is 0.724. The molecule has 136 valence electrons. The molecule has 0 saturated heterocycles. The summed E-state index contributed by atoms with van der Waals surface area (Å²) in [7, 11) is 0. The lowest BCUT2D eigenvalue weighted by atomic mass is 10.1. The highest BCUT2D eigenvalue weighted by Crippen LogP contribution is 2.23. The molecule has 1 atom stereocenters. The number of benzene rings is 3. The fourth-order valence-corrected chi connectivity index (χ4v) is 4.33. The third kappa shape index (κ3) is 4.19. The number of hydroxylamine groups is 2. The Hall–Kier alpha value is -2.27. The number of nitrogens with zero attached hydrogens (tertiary/aromatic N) is 2. The Morgan fingerprint density at radius 1 is 1.00 bits per heavy atom. The molecule has 3 nitrogen and oxygen atoms in total. The molecule has 3 aromatic carbocycles. The Kier molecular flexibility index (Phi) is 5.48. The smallest absolute Gasteiger partial charge is 0.116 e. The maximum atomic E-state index is 10.9. The number of thioether (sulfide) groups is 1. The third-order valence-electron chi connectivity index (χ3n) is 4.42. The minimum atomic E-state index is -0.0867. The summed E-state index contributed by atoms with van der Waals surface area (Å²) in [5, 5.41) is 14.4.